The summed E-state index contributed by atoms with van der Waals surface area (Å²) in [6.07, 6.45) is 2.66. The minimum absolute atomic E-state index is 0.126. The van der Waals surface area contributed by atoms with Crippen molar-refractivity contribution >= 4 is 17.0 Å². The van der Waals surface area contributed by atoms with E-state index in [1.165, 1.54) is 12.1 Å². The molecule has 2 aromatic carbocycles. The number of esters is 1. The molecular weight excluding hydrogens is 488 g/mol. The number of nitrogens with zero attached hydrogens (tertiary/aromatic N) is 3. The van der Waals surface area contributed by atoms with Crippen LogP contribution in [0.2, 0.25) is 0 Å². The van der Waals surface area contributed by atoms with Crippen molar-refractivity contribution in [3.05, 3.63) is 65.5 Å². The molecule has 1 aromatic heterocycles. The summed E-state index contributed by atoms with van der Waals surface area (Å²) in [6, 6.07) is 14.5. The number of para-hydroxylation sites is 2. The molecule has 0 spiro atoms. The Morgan fingerprint density at radius 2 is 1.82 bits per heavy atom. The predicted octanol–water partition coefficient (Wildman–Crippen LogP) is 5.05. The molecule has 2 heterocycles. The number of imidazole rings is 1. The van der Waals surface area contributed by atoms with Gasteiger partial charge in [0.15, 0.2) is 0 Å². The largest absolute Gasteiger partial charge is 0.463 e. The van der Waals surface area contributed by atoms with Crippen LogP contribution in [0, 0.1) is 0 Å². The van der Waals surface area contributed by atoms with E-state index in [0.29, 0.717) is 25.6 Å². The molecule has 0 bridgehead atoms. The van der Waals surface area contributed by atoms with Gasteiger partial charge in [-0.25, -0.2) is 4.98 Å². The lowest BCUT2D eigenvalue weighted by molar-refractivity contribution is -0.150. The van der Waals surface area contributed by atoms with Crippen LogP contribution in [0.5, 0.6) is 0 Å². The maximum absolute atomic E-state index is 13.3. The predicted molar refractivity (Wildman–Crippen MR) is 157 cm³/mol. The van der Waals surface area contributed by atoms with Crippen LogP contribution in [0.25, 0.3) is 11.0 Å². The molecule has 4 rings (SSSR count). The quantitative estimate of drug-likeness (QED) is 0.256. The lowest BCUT2D eigenvalue weighted by Gasteiger charge is -2.32. The van der Waals surface area contributed by atoms with Crippen LogP contribution in [0.1, 0.15) is 78.4 Å². The van der Waals surface area contributed by atoms with E-state index in [4.69, 9.17) is 28.4 Å². The van der Waals surface area contributed by atoms with Gasteiger partial charge in [0.05, 0.1) is 23.1 Å². The van der Waals surface area contributed by atoms with E-state index in [1.807, 2.05) is 19.1 Å². The fourth-order valence-corrected chi connectivity index (χ4v) is 5.04. The summed E-state index contributed by atoms with van der Waals surface area (Å²) in [7, 11) is 0. The molecule has 0 unspecified atom stereocenters. The Balaban J connectivity index is 1.43. The Labute approximate surface area is 242 Å². The molecule has 3 aromatic rings. The van der Waals surface area contributed by atoms with Gasteiger partial charge in [-0.05, 0) is 90.1 Å². The van der Waals surface area contributed by atoms with E-state index in [2.05, 4.69) is 21.6 Å². The Hall–Kier alpha value is -2.74. The first-order valence-electron chi connectivity index (χ1n) is 16.9. The number of carbonyl (C=O) groups is 1. The molecule has 39 heavy (non-hydrogen) atoms. The van der Waals surface area contributed by atoms with Crippen molar-refractivity contribution in [3.8, 4) is 0 Å². The van der Waals surface area contributed by atoms with Crippen molar-refractivity contribution in [3.63, 3.8) is 0 Å². The number of rotatable bonds is 12. The van der Waals surface area contributed by atoms with Gasteiger partial charge >= 0.3 is 5.97 Å². The van der Waals surface area contributed by atoms with Crippen LogP contribution in [0.15, 0.2) is 48.5 Å². The first kappa shape index (κ1) is 22.0. The van der Waals surface area contributed by atoms with Crippen LogP contribution in [0.3, 0.4) is 0 Å². The zero-order chi connectivity index (χ0) is 33.0. The number of ether oxygens (including phenoxy) is 2. The van der Waals surface area contributed by atoms with Gasteiger partial charge < -0.3 is 24.7 Å². The molecule has 1 aliphatic rings. The lowest BCUT2D eigenvalue weighted by atomic mass is 9.84. The third-order valence-corrected chi connectivity index (χ3v) is 7.29. The van der Waals surface area contributed by atoms with Crippen LogP contribution in [0.4, 0.5) is 0 Å². The van der Waals surface area contributed by atoms with Crippen molar-refractivity contribution in [2.75, 3.05) is 39.5 Å². The highest BCUT2D eigenvalue weighted by atomic mass is 16.5. The van der Waals surface area contributed by atoms with Gasteiger partial charge in [-0.15, -0.1) is 0 Å². The fraction of sp³-hybridized carbons (Fsp3) is 0.562. The molecule has 1 saturated heterocycles. The maximum Gasteiger partial charge on any atom is 0.316 e. The first-order chi connectivity index (χ1) is 21.1. The molecule has 0 saturated carbocycles. The summed E-state index contributed by atoms with van der Waals surface area (Å²) in [4.78, 5) is 20.7. The van der Waals surface area contributed by atoms with Crippen molar-refractivity contribution in [2.45, 2.75) is 77.2 Å². The number of hydrogen-bond donors (Lipinski definition) is 1. The molecule has 0 amide bonds. The number of carbonyl (C=O) groups excluding carboxylic acids is 1. The zero-order valence-electron chi connectivity index (χ0n) is 29.4. The Kier molecular flexibility index (Phi) is 7.12. The second-order valence-corrected chi connectivity index (χ2v) is 11.2. The molecule has 2 N–H and O–H groups in total. The average molecular weight is 541 g/mol. The molecule has 1 aliphatic heterocycles. The Morgan fingerprint density at radius 3 is 2.49 bits per heavy atom. The number of nitrogens with two attached hydrogens (primary N) is 1. The van der Waals surface area contributed by atoms with E-state index in [0.717, 1.165) is 61.4 Å². The van der Waals surface area contributed by atoms with Crippen molar-refractivity contribution in [2.24, 2.45) is 5.73 Å². The number of fused-ring (bicyclic) bond motifs is 1. The third-order valence-electron chi connectivity index (χ3n) is 7.29. The summed E-state index contributed by atoms with van der Waals surface area (Å²) < 4.78 is 62.1. The highest BCUT2D eigenvalue weighted by molar-refractivity contribution is 5.82. The van der Waals surface area contributed by atoms with Crippen molar-refractivity contribution < 1.29 is 22.5 Å². The number of likely N-dealkylation sites (tertiary alicyclic amines) is 1. The summed E-state index contributed by atoms with van der Waals surface area (Å²) in [6.45, 7) is 3.24. The standard InChI is InChI=1S/C32H46N4O3/c1-6-38-22-21-36-28-10-8-7-9-27(28)34-29(36)25-16-19-35(20-17-25)18-15-24-11-13-26(14-12-24)32(4,5)30(37)39-23-31(2,3)33/h7-14,25H,6,15-23,33H2,1-5H3/i4D3,5D3. The maximum atomic E-state index is 13.3. The molecule has 7 nitrogen and oxygen atoms in total. The summed E-state index contributed by atoms with van der Waals surface area (Å²) in [5, 5.41) is 0. The summed E-state index contributed by atoms with van der Waals surface area (Å²) in [5.41, 5.74) is 5.04. The van der Waals surface area contributed by atoms with E-state index in [1.54, 1.807) is 26.0 Å². The second kappa shape index (κ2) is 12.6. The molecule has 0 aliphatic carbocycles. The van der Waals surface area contributed by atoms with Gasteiger partial charge in [-0.2, -0.15) is 0 Å². The van der Waals surface area contributed by atoms with E-state index in [-0.39, 0.29) is 12.2 Å². The number of hydrogen-bond acceptors (Lipinski definition) is 6. The van der Waals surface area contributed by atoms with Crippen LogP contribution in [-0.2, 0) is 32.6 Å². The van der Waals surface area contributed by atoms with E-state index >= 15 is 0 Å². The lowest BCUT2D eigenvalue weighted by Crippen LogP contribution is -2.41. The monoisotopic (exact) mass is 540 g/mol. The summed E-state index contributed by atoms with van der Waals surface area (Å²) >= 11 is 0. The van der Waals surface area contributed by atoms with Crippen LogP contribution < -0.4 is 5.73 Å². The molecule has 1 fully saturated rings. The van der Waals surface area contributed by atoms with Crippen molar-refractivity contribution in [1.29, 1.82) is 0 Å². The Morgan fingerprint density at radius 1 is 1.10 bits per heavy atom. The minimum Gasteiger partial charge on any atom is -0.463 e. The highest BCUT2D eigenvalue weighted by Gasteiger charge is 2.32. The van der Waals surface area contributed by atoms with Gasteiger partial charge in [0, 0.05) is 39.4 Å². The van der Waals surface area contributed by atoms with E-state index in [9.17, 15) is 4.79 Å². The topological polar surface area (TPSA) is 82.6 Å². The summed E-state index contributed by atoms with van der Waals surface area (Å²) in [5.74, 6) is 0.141. The molecule has 0 atom stereocenters. The normalized spacial score (nSPS) is 18.6. The van der Waals surface area contributed by atoms with E-state index < -0.39 is 30.6 Å². The highest BCUT2D eigenvalue weighted by Crippen LogP contribution is 2.31. The molecular formula is C32H46N4O3. The van der Waals surface area contributed by atoms with Gasteiger partial charge in [0.2, 0.25) is 0 Å². The van der Waals surface area contributed by atoms with Gasteiger partial charge in [0.25, 0.3) is 0 Å². The van der Waals surface area contributed by atoms with Crippen LogP contribution >= 0.6 is 0 Å². The average Bonchev–Trinajstić information content (AvgIpc) is 3.33. The molecule has 0 radical (unpaired) electrons. The Bertz CT molecular complexity index is 1410. The fourth-order valence-electron chi connectivity index (χ4n) is 5.04. The van der Waals surface area contributed by atoms with Crippen molar-refractivity contribution in [1.82, 2.24) is 14.5 Å². The number of aromatic nitrogens is 2. The zero-order valence-corrected chi connectivity index (χ0v) is 23.4. The van der Waals surface area contributed by atoms with Gasteiger partial charge in [0.1, 0.15) is 12.4 Å². The number of benzene rings is 2. The first-order valence-corrected chi connectivity index (χ1v) is 13.9. The van der Waals surface area contributed by atoms with Gasteiger partial charge in [-0.1, -0.05) is 36.4 Å². The van der Waals surface area contributed by atoms with Gasteiger partial charge in [-0.3, -0.25) is 4.79 Å². The molecule has 7 heteroatoms. The van der Waals surface area contributed by atoms with Crippen LogP contribution in [-0.4, -0.2) is 65.4 Å². The number of piperidine rings is 1. The second-order valence-electron chi connectivity index (χ2n) is 11.2. The minimum atomic E-state index is -3.19. The smallest absolute Gasteiger partial charge is 0.316 e. The SMILES string of the molecule is [2H]C([2H])([2H])C(C(=O)OCC(C)(C)N)(c1ccc(CCN2CCC(c3nc4ccccc4n3CCOCC)CC2)cc1)C([2H])([2H])[2H]. The third kappa shape index (κ3) is 7.47. The molecule has 212 valence electrons.